The van der Waals surface area contributed by atoms with Crippen LogP contribution >= 0.6 is 12.2 Å². The van der Waals surface area contributed by atoms with Crippen LogP contribution in [0.2, 0.25) is 0 Å². The third-order valence-corrected chi connectivity index (χ3v) is 3.43. The van der Waals surface area contributed by atoms with Gasteiger partial charge < -0.3 is 15.4 Å². The molecule has 1 aromatic rings. The van der Waals surface area contributed by atoms with Crippen LogP contribution in [-0.4, -0.2) is 17.8 Å². The van der Waals surface area contributed by atoms with Gasteiger partial charge in [0.2, 0.25) is 0 Å². The average Bonchev–Trinajstić information content (AvgIpc) is 2.43. The molecule has 0 aliphatic heterocycles. The Kier molecular flexibility index (Phi) is 7.23. The Balaban J connectivity index is 2.56. The van der Waals surface area contributed by atoms with Crippen molar-refractivity contribution in [3.05, 3.63) is 36.9 Å². The van der Waals surface area contributed by atoms with Gasteiger partial charge in [0, 0.05) is 11.7 Å². The maximum Gasteiger partial charge on any atom is 0.171 e. The zero-order valence-corrected chi connectivity index (χ0v) is 14.2. The zero-order chi connectivity index (χ0) is 15.8. The molecule has 0 saturated heterocycles. The van der Waals surface area contributed by atoms with E-state index in [1.165, 1.54) is 0 Å². The van der Waals surface area contributed by atoms with Crippen LogP contribution in [0.1, 0.15) is 27.7 Å². The predicted molar refractivity (Wildman–Crippen MR) is 95.0 cm³/mol. The summed E-state index contributed by atoms with van der Waals surface area (Å²) < 4.78 is 5.45. The van der Waals surface area contributed by atoms with Gasteiger partial charge >= 0.3 is 0 Å². The number of hydrogen-bond acceptors (Lipinski definition) is 2. The number of benzene rings is 1. The molecule has 1 aromatic carbocycles. The highest BCUT2D eigenvalue weighted by Gasteiger charge is 2.17. The number of rotatable bonds is 7. The Hall–Kier alpha value is -1.55. The first-order chi connectivity index (χ1) is 9.93. The molecular weight excluding hydrogens is 280 g/mol. The SMILES string of the molecule is C=CCOc1ccc(NC(=S)NC(C(C)C)C(C)C)cc1. The van der Waals surface area contributed by atoms with Crippen LogP contribution < -0.4 is 15.4 Å². The molecule has 2 N–H and O–H groups in total. The molecule has 1 rings (SSSR count). The number of thiocarbonyl (C=S) groups is 1. The molecule has 21 heavy (non-hydrogen) atoms. The van der Waals surface area contributed by atoms with E-state index in [0.717, 1.165) is 11.4 Å². The molecule has 116 valence electrons. The maximum absolute atomic E-state index is 5.45. The van der Waals surface area contributed by atoms with Gasteiger partial charge in [0.25, 0.3) is 0 Å². The lowest BCUT2D eigenvalue weighted by atomic mass is 9.93. The average molecular weight is 306 g/mol. The third-order valence-electron chi connectivity index (χ3n) is 3.21. The van der Waals surface area contributed by atoms with Crippen molar-refractivity contribution in [2.24, 2.45) is 11.8 Å². The van der Waals surface area contributed by atoms with Crippen LogP contribution in [0.15, 0.2) is 36.9 Å². The molecule has 0 spiro atoms. The first kappa shape index (κ1) is 17.5. The topological polar surface area (TPSA) is 33.3 Å². The third kappa shape index (κ3) is 6.17. The summed E-state index contributed by atoms with van der Waals surface area (Å²) >= 11 is 5.39. The van der Waals surface area contributed by atoms with Gasteiger partial charge in [-0.1, -0.05) is 40.3 Å². The summed E-state index contributed by atoms with van der Waals surface area (Å²) in [6.45, 7) is 12.9. The molecule has 0 heterocycles. The fourth-order valence-electron chi connectivity index (χ4n) is 2.21. The summed E-state index contributed by atoms with van der Waals surface area (Å²) in [6.07, 6.45) is 1.73. The van der Waals surface area contributed by atoms with Gasteiger partial charge in [0.1, 0.15) is 12.4 Å². The lowest BCUT2D eigenvalue weighted by Gasteiger charge is -2.27. The molecule has 0 unspecified atom stereocenters. The Morgan fingerprint density at radius 2 is 1.76 bits per heavy atom. The Bertz CT molecular complexity index is 446. The van der Waals surface area contributed by atoms with Crippen molar-refractivity contribution in [3.63, 3.8) is 0 Å². The summed E-state index contributed by atoms with van der Waals surface area (Å²) in [5.41, 5.74) is 0.949. The van der Waals surface area contributed by atoms with Crippen molar-refractivity contribution in [2.75, 3.05) is 11.9 Å². The lowest BCUT2D eigenvalue weighted by Crippen LogP contribution is -2.44. The molecule has 0 atom stereocenters. The number of anilines is 1. The van der Waals surface area contributed by atoms with E-state index in [1.54, 1.807) is 6.08 Å². The van der Waals surface area contributed by atoms with Crippen molar-refractivity contribution in [1.29, 1.82) is 0 Å². The van der Waals surface area contributed by atoms with Crippen molar-refractivity contribution < 1.29 is 4.74 Å². The van der Waals surface area contributed by atoms with Crippen LogP contribution in [0.4, 0.5) is 5.69 Å². The van der Waals surface area contributed by atoms with Gasteiger partial charge in [-0.25, -0.2) is 0 Å². The predicted octanol–water partition coefficient (Wildman–Crippen LogP) is 4.22. The standard InChI is InChI=1S/C17H26N2OS/c1-6-11-20-15-9-7-14(8-10-15)18-17(21)19-16(12(2)3)13(4)5/h6-10,12-13,16H,1,11H2,2-5H3,(H2,18,19,21). The van der Waals surface area contributed by atoms with Crippen molar-refractivity contribution in [3.8, 4) is 5.75 Å². The first-order valence-electron chi connectivity index (χ1n) is 7.35. The number of nitrogens with one attached hydrogen (secondary N) is 2. The van der Waals surface area contributed by atoms with Crippen LogP contribution in [-0.2, 0) is 0 Å². The molecule has 3 nitrogen and oxygen atoms in total. The van der Waals surface area contributed by atoms with Gasteiger partial charge in [-0.15, -0.1) is 0 Å². The summed E-state index contributed by atoms with van der Waals surface area (Å²) in [6, 6.07) is 8.09. The molecular formula is C17H26N2OS. The summed E-state index contributed by atoms with van der Waals surface area (Å²) in [7, 11) is 0. The van der Waals surface area contributed by atoms with Crippen molar-refractivity contribution >= 4 is 23.0 Å². The Morgan fingerprint density at radius 1 is 1.19 bits per heavy atom. The summed E-state index contributed by atoms with van der Waals surface area (Å²) in [4.78, 5) is 0. The van der Waals surface area contributed by atoms with E-state index in [1.807, 2.05) is 24.3 Å². The smallest absolute Gasteiger partial charge is 0.171 e. The monoisotopic (exact) mass is 306 g/mol. The summed E-state index contributed by atoms with van der Waals surface area (Å²) in [5.74, 6) is 1.88. The van der Waals surface area contributed by atoms with Gasteiger partial charge in [0.05, 0.1) is 0 Å². The van der Waals surface area contributed by atoms with E-state index in [2.05, 4.69) is 44.9 Å². The molecule has 0 aromatic heterocycles. The molecule has 0 aliphatic carbocycles. The molecule has 0 fully saturated rings. The molecule has 0 aliphatic rings. The minimum Gasteiger partial charge on any atom is -0.490 e. The number of hydrogen-bond donors (Lipinski definition) is 2. The van der Waals surface area contributed by atoms with E-state index in [-0.39, 0.29) is 0 Å². The zero-order valence-electron chi connectivity index (χ0n) is 13.3. The van der Waals surface area contributed by atoms with Crippen LogP contribution in [0, 0.1) is 11.8 Å². The largest absolute Gasteiger partial charge is 0.490 e. The van der Waals surface area contributed by atoms with Gasteiger partial charge in [-0.05, 0) is 48.3 Å². The lowest BCUT2D eigenvalue weighted by molar-refractivity contribution is 0.356. The van der Waals surface area contributed by atoms with Crippen LogP contribution in [0.3, 0.4) is 0 Å². The minimum atomic E-state index is 0.361. The normalized spacial score (nSPS) is 10.8. The van der Waals surface area contributed by atoms with Crippen LogP contribution in [0.5, 0.6) is 5.75 Å². The maximum atomic E-state index is 5.45. The second-order valence-corrected chi connectivity index (χ2v) is 6.14. The van der Waals surface area contributed by atoms with Crippen LogP contribution in [0.25, 0.3) is 0 Å². The molecule has 0 amide bonds. The van der Waals surface area contributed by atoms with Crippen molar-refractivity contribution in [1.82, 2.24) is 5.32 Å². The van der Waals surface area contributed by atoms with E-state index in [4.69, 9.17) is 17.0 Å². The Morgan fingerprint density at radius 3 is 2.24 bits per heavy atom. The molecule has 0 saturated carbocycles. The quantitative estimate of drug-likeness (QED) is 0.584. The molecule has 0 bridgehead atoms. The highest BCUT2D eigenvalue weighted by Crippen LogP contribution is 2.16. The van der Waals surface area contributed by atoms with E-state index < -0.39 is 0 Å². The first-order valence-corrected chi connectivity index (χ1v) is 7.76. The highest BCUT2D eigenvalue weighted by molar-refractivity contribution is 7.80. The second-order valence-electron chi connectivity index (χ2n) is 5.74. The fourth-order valence-corrected chi connectivity index (χ4v) is 2.47. The van der Waals surface area contributed by atoms with E-state index in [0.29, 0.717) is 29.6 Å². The Labute approximate surface area is 133 Å². The minimum absolute atomic E-state index is 0.361. The van der Waals surface area contributed by atoms with Crippen molar-refractivity contribution in [2.45, 2.75) is 33.7 Å². The molecule has 4 heteroatoms. The van der Waals surface area contributed by atoms with Gasteiger partial charge in [-0.3, -0.25) is 0 Å². The highest BCUT2D eigenvalue weighted by atomic mass is 32.1. The second kappa shape index (κ2) is 8.67. The fraction of sp³-hybridized carbons (Fsp3) is 0.471. The van der Waals surface area contributed by atoms with Gasteiger partial charge in [-0.2, -0.15) is 0 Å². The van der Waals surface area contributed by atoms with E-state index in [9.17, 15) is 0 Å². The number of ether oxygens (including phenoxy) is 1. The molecule has 0 radical (unpaired) electrons. The summed E-state index contributed by atoms with van der Waals surface area (Å²) in [5, 5.41) is 7.25. The van der Waals surface area contributed by atoms with Gasteiger partial charge in [0.15, 0.2) is 5.11 Å². The van der Waals surface area contributed by atoms with E-state index >= 15 is 0 Å².